The molecule has 0 spiro atoms. The van der Waals surface area contributed by atoms with Crippen LogP contribution in [0.25, 0.3) is 106 Å². The minimum atomic E-state index is 0.559. The molecule has 5 nitrogen and oxygen atoms in total. The summed E-state index contributed by atoms with van der Waals surface area (Å²) < 4.78 is 8.43. The second kappa shape index (κ2) is 13.0. The van der Waals surface area contributed by atoms with Crippen molar-refractivity contribution in [1.82, 2.24) is 19.5 Å². The van der Waals surface area contributed by atoms with Gasteiger partial charge in [-0.25, -0.2) is 4.98 Å². The Balaban J connectivity index is 1.11. The van der Waals surface area contributed by atoms with Crippen LogP contribution in [-0.4, -0.2) is 19.5 Å². The second-order valence-electron chi connectivity index (χ2n) is 14.0. The molecule has 0 bridgehead atoms. The third kappa shape index (κ3) is 5.37. The van der Waals surface area contributed by atoms with Crippen LogP contribution in [0.15, 0.2) is 199 Å². The molecule has 11 aromatic rings. The Morgan fingerprint density at radius 1 is 0.339 bits per heavy atom. The summed E-state index contributed by atoms with van der Waals surface area (Å²) in [7, 11) is 0. The summed E-state index contributed by atoms with van der Waals surface area (Å²) in [6.07, 6.45) is 0. The molecule has 0 saturated heterocycles. The smallest absolute Gasteiger partial charge is 0.238 e. The standard InChI is InChI=1S/C51H32N4O/c1-3-13-33(14-4-1)35-25-27-36(28-26-35)49-52-50(39-18-11-17-38(31-39)40-21-12-24-47-48(40)42-20-8-10-23-46(42)56-47)54-51(53-49)55-44-22-9-7-19-41(44)43-32-37(29-30-45(43)55)34-15-5-2-6-16-34/h1-32H. The third-order valence-corrected chi connectivity index (χ3v) is 10.7. The average Bonchev–Trinajstić information content (AvgIpc) is 3.83. The van der Waals surface area contributed by atoms with Crippen molar-refractivity contribution in [1.29, 1.82) is 0 Å². The maximum Gasteiger partial charge on any atom is 0.238 e. The van der Waals surface area contributed by atoms with E-state index in [1.165, 1.54) is 5.56 Å². The zero-order valence-corrected chi connectivity index (χ0v) is 30.2. The van der Waals surface area contributed by atoms with Crippen LogP contribution in [0.1, 0.15) is 0 Å². The van der Waals surface area contributed by atoms with Gasteiger partial charge < -0.3 is 4.42 Å². The quantitative estimate of drug-likeness (QED) is 0.172. The topological polar surface area (TPSA) is 56.7 Å². The molecule has 0 atom stereocenters. The van der Waals surface area contributed by atoms with Gasteiger partial charge in [0.1, 0.15) is 11.2 Å². The Bertz CT molecular complexity index is 3240. The Morgan fingerprint density at radius 2 is 0.893 bits per heavy atom. The summed E-state index contributed by atoms with van der Waals surface area (Å²) >= 11 is 0. The number of benzene rings is 8. The van der Waals surface area contributed by atoms with Gasteiger partial charge in [0.15, 0.2) is 11.6 Å². The number of aromatic nitrogens is 4. The molecular weight excluding hydrogens is 685 g/mol. The minimum Gasteiger partial charge on any atom is -0.456 e. The Hall–Kier alpha value is -7.63. The fourth-order valence-electron chi connectivity index (χ4n) is 8.00. The van der Waals surface area contributed by atoms with Crippen molar-refractivity contribution in [3.05, 3.63) is 194 Å². The molecule has 0 amide bonds. The average molecular weight is 717 g/mol. The largest absolute Gasteiger partial charge is 0.456 e. The van der Waals surface area contributed by atoms with E-state index in [0.717, 1.165) is 82.7 Å². The molecule has 0 unspecified atom stereocenters. The first-order chi connectivity index (χ1) is 27.7. The van der Waals surface area contributed by atoms with Crippen LogP contribution in [-0.2, 0) is 0 Å². The lowest BCUT2D eigenvalue weighted by Gasteiger charge is -2.12. The van der Waals surface area contributed by atoms with E-state index < -0.39 is 0 Å². The molecule has 0 fully saturated rings. The first kappa shape index (κ1) is 31.9. The van der Waals surface area contributed by atoms with Crippen molar-refractivity contribution in [2.24, 2.45) is 0 Å². The van der Waals surface area contributed by atoms with Crippen molar-refractivity contribution in [3.8, 4) is 62.1 Å². The summed E-state index contributed by atoms with van der Waals surface area (Å²) in [5.74, 6) is 1.75. The summed E-state index contributed by atoms with van der Waals surface area (Å²) in [4.78, 5) is 15.7. The first-order valence-electron chi connectivity index (χ1n) is 18.8. The maximum atomic E-state index is 6.25. The number of hydrogen-bond acceptors (Lipinski definition) is 4. The minimum absolute atomic E-state index is 0.559. The van der Waals surface area contributed by atoms with Crippen LogP contribution in [0.2, 0.25) is 0 Å². The SMILES string of the molecule is c1ccc(-c2ccc(-c3nc(-c4cccc(-c5cccc6oc7ccccc7c56)c4)nc(-n4c5ccccc5c5cc(-c6ccccc6)ccc54)n3)cc2)cc1. The number of hydrogen-bond donors (Lipinski definition) is 0. The van der Waals surface area contributed by atoms with E-state index in [1.807, 2.05) is 24.3 Å². The number of nitrogens with zero attached hydrogens (tertiary/aromatic N) is 4. The van der Waals surface area contributed by atoms with Crippen LogP contribution >= 0.6 is 0 Å². The van der Waals surface area contributed by atoms with Crippen LogP contribution in [0.4, 0.5) is 0 Å². The highest BCUT2D eigenvalue weighted by atomic mass is 16.3. The van der Waals surface area contributed by atoms with Gasteiger partial charge in [0.05, 0.1) is 11.0 Å². The van der Waals surface area contributed by atoms with Gasteiger partial charge in [0.2, 0.25) is 5.95 Å². The van der Waals surface area contributed by atoms with Gasteiger partial charge in [-0.3, -0.25) is 4.57 Å². The zero-order chi connectivity index (χ0) is 37.0. The van der Waals surface area contributed by atoms with E-state index in [9.17, 15) is 0 Å². The normalized spacial score (nSPS) is 11.6. The van der Waals surface area contributed by atoms with Crippen LogP contribution in [0.5, 0.6) is 0 Å². The van der Waals surface area contributed by atoms with Crippen molar-refractivity contribution in [2.45, 2.75) is 0 Å². The van der Waals surface area contributed by atoms with Crippen molar-refractivity contribution in [3.63, 3.8) is 0 Å². The molecule has 3 heterocycles. The molecule has 3 aromatic heterocycles. The molecule has 0 aliphatic rings. The Morgan fingerprint density at radius 3 is 1.70 bits per heavy atom. The van der Waals surface area contributed by atoms with Gasteiger partial charge in [0, 0.05) is 32.7 Å². The van der Waals surface area contributed by atoms with Gasteiger partial charge in [-0.05, 0) is 69.8 Å². The molecule has 11 rings (SSSR count). The highest BCUT2D eigenvalue weighted by Crippen LogP contribution is 2.39. The lowest BCUT2D eigenvalue weighted by molar-refractivity contribution is 0.669. The van der Waals surface area contributed by atoms with Crippen molar-refractivity contribution >= 4 is 43.7 Å². The lowest BCUT2D eigenvalue weighted by atomic mass is 9.98. The van der Waals surface area contributed by atoms with Crippen LogP contribution < -0.4 is 0 Å². The molecule has 5 heteroatoms. The predicted octanol–water partition coefficient (Wildman–Crippen LogP) is 13.2. The third-order valence-electron chi connectivity index (χ3n) is 10.7. The van der Waals surface area contributed by atoms with Gasteiger partial charge in [-0.1, -0.05) is 158 Å². The molecule has 0 aliphatic heterocycles. The number of rotatable bonds is 6. The molecular formula is C51H32N4O. The molecule has 8 aromatic carbocycles. The summed E-state index contributed by atoms with van der Waals surface area (Å²) in [5.41, 5.74) is 12.4. The summed E-state index contributed by atoms with van der Waals surface area (Å²) in [6.45, 7) is 0. The van der Waals surface area contributed by atoms with E-state index in [0.29, 0.717) is 17.6 Å². The molecule has 0 saturated carbocycles. The first-order valence-corrected chi connectivity index (χ1v) is 18.8. The van der Waals surface area contributed by atoms with E-state index >= 15 is 0 Å². The fraction of sp³-hybridized carbons (Fsp3) is 0. The number of para-hydroxylation sites is 2. The summed E-state index contributed by atoms with van der Waals surface area (Å²) in [6, 6.07) is 67.5. The molecule has 0 radical (unpaired) electrons. The van der Waals surface area contributed by atoms with E-state index in [1.54, 1.807) is 0 Å². The van der Waals surface area contributed by atoms with Crippen LogP contribution in [0.3, 0.4) is 0 Å². The predicted molar refractivity (Wildman–Crippen MR) is 229 cm³/mol. The van der Waals surface area contributed by atoms with Gasteiger partial charge in [0.25, 0.3) is 0 Å². The van der Waals surface area contributed by atoms with E-state index in [-0.39, 0.29) is 0 Å². The monoisotopic (exact) mass is 716 g/mol. The zero-order valence-electron chi connectivity index (χ0n) is 30.2. The fourth-order valence-corrected chi connectivity index (χ4v) is 8.00. The van der Waals surface area contributed by atoms with Crippen LogP contribution in [0, 0.1) is 0 Å². The van der Waals surface area contributed by atoms with E-state index in [4.69, 9.17) is 19.4 Å². The van der Waals surface area contributed by atoms with Gasteiger partial charge in [-0.2, -0.15) is 9.97 Å². The lowest BCUT2D eigenvalue weighted by Crippen LogP contribution is -2.06. The highest BCUT2D eigenvalue weighted by Gasteiger charge is 2.19. The number of fused-ring (bicyclic) bond motifs is 6. The molecule has 0 aliphatic carbocycles. The number of furan rings is 1. The second-order valence-corrected chi connectivity index (χ2v) is 14.0. The molecule has 0 N–H and O–H groups in total. The Labute approximate surface area is 322 Å². The van der Waals surface area contributed by atoms with Crippen molar-refractivity contribution < 1.29 is 4.42 Å². The molecule has 262 valence electrons. The van der Waals surface area contributed by atoms with Crippen molar-refractivity contribution in [2.75, 3.05) is 0 Å². The summed E-state index contributed by atoms with van der Waals surface area (Å²) in [5, 5.41) is 4.46. The van der Waals surface area contributed by atoms with Gasteiger partial charge >= 0.3 is 0 Å². The van der Waals surface area contributed by atoms with E-state index in [2.05, 4.69) is 174 Å². The highest BCUT2D eigenvalue weighted by molar-refractivity contribution is 6.13. The van der Waals surface area contributed by atoms with Gasteiger partial charge in [-0.15, -0.1) is 0 Å². The molecule has 56 heavy (non-hydrogen) atoms. The Kier molecular flexibility index (Phi) is 7.42. The maximum absolute atomic E-state index is 6.25.